The average molecular weight is 254 g/mol. The Hall–Kier alpha value is -1.10. The molecule has 2 rings (SSSR count). The van der Waals surface area contributed by atoms with Crippen LogP contribution in [0, 0.1) is 5.92 Å². The molecule has 2 fully saturated rings. The molecule has 102 valence electrons. The predicted molar refractivity (Wildman–Crippen MR) is 66.9 cm³/mol. The Balaban J connectivity index is 2.21. The smallest absolute Gasteiger partial charge is 0.248 e. The molecular weight excluding hydrogens is 232 g/mol. The molecule has 1 aliphatic carbocycles. The SMILES string of the molecule is COC(C)CN1C(=O)C(C)(C)NC(=O)C1C1CC1. The van der Waals surface area contributed by atoms with Crippen molar-refractivity contribution in [3.8, 4) is 0 Å². The van der Waals surface area contributed by atoms with Gasteiger partial charge < -0.3 is 15.0 Å². The number of amides is 2. The summed E-state index contributed by atoms with van der Waals surface area (Å²) in [5, 5.41) is 2.83. The van der Waals surface area contributed by atoms with E-state index in [9.17, 15) is 9.59 Å². The second kappa shape index (κ2) is 4.53. The summed E-state index contributed by atoms with van der Waals surface area (Å²) in [6, 6.07) is -0.303. The zero-order valence-electron chi connectivity index (χ0n) is 11.5. The minimum Gasteiger partial charge on any atom is -0.380 e. The largest absolute Gasteiger partial charge is 0.380 e. The third-order valence-corrected chi connectivity index (χ3v) is 3.76. The summed E-state index contributed by atoms with van der Waals surface area (Å²) >= 11 is 0. The Morgan fingerprint density at radius 3 is 2.56 bits per heavy atom. The maximum Gasteiger partial charge on any atom is 0.248 e. The third kappa shape index (κ3) is 2.36. The van der Waals surface area contributed by atoms with Crippen molar-refractivity contribution in [1.29, 1.82) is 0 Å². The minimum absolute atomic E-state index is 0.0112. The fourth-order valence-corrected chi connectivity index (χ4v) is 2.49. The van der Waals surface area contributed by atoms with E-state index in [-0.39, 0.29) is 24.0 Å². The summed E-state index contributed by atoms with van der Waals surface area (Å²) in [4.78, 5) is 26.3. The Morgan fingerprint density at radius 1 is 1.44 bits per heavy atom. The number of nitrogens with one attached hydrogen (secondary N) is 1. The van der Waals surface area contributed by atoms with Crippen molar-refractivity contribution >= 4 is 11.8 Å². The van der Waals surface area contributed by atoms with E-state index in [1.54, 1.807) is 25.9 Å². The lowest BCUT2D eigenvalue weighted by molar-refractivity contribution is -0.156. The molecule has 0 spiro atoms. The molecule has 2 amide bonds. The molecule has 2 unspecified atom stereocenters. The van der Waals surface area contributed by atoms with Crippen LogP contribution < -0.4 is 5.32 Å². The number of carbonyl (C=O) groups excluding carboxylic acids is 2. The fourth-order valence-electron chi connectivity index (χ4n) is 2.49. The van der Waals surface area contributed by atoms with Gasteiger partial charge in [0.1, 0.15) is 11.6 Å². The van der Waals surface area contributed by atoms with Gasteiger partial charge in [-0.3, -0.25) is 9.59 Å². The Bertz CT molecular complexity index is 363. The first-order valence-corrected chi connectivity index (χ1v) is 6.52. The van der Waals surface area contributed by atoms with Crippen LogP contribution >= 0.6 is 0 Å². The number of hydrogen-bond acceptors (Lipinski definition) is 3. The van der Waals surface area contributed by atoms with Crippen LogP contribution in [-0.4, -0.2) is 48.1 Å². The van der Waals surface area contributed by atoms with Crippen molar-refractivity contribution in [3.05, 3.63) is 0 Å². The van der Waals surface area contributed by atoms with Crippen molar-refractivity contribution < 1.29 is 14.3 Å². The molecule has 2 atom stereocenters. The average Bonchev–Trinajstić information content (AvgIpc) is 3.08. The van der Waals surface area contributed by atoms with Gasteiger partial charge in [0.25, 0.3) is 0 Å². The monoisotopic (exact) mass is 254 g/mol. The number of hydrogen-bond donors (Lipinski definition) is 1. The van der Waals surface area contributed by atoms with E-state index in [0.717, 1.165) is 12.8 Å². The summed E-state index contributed by atoms with van der Waals surface area (Å²) < 4.78 is 5.23. The summed E-state index contributed by atoms with van der Waals surface area (Å²) in [6.07, 6.45) is 2.00. The van der Waals surface area contributed by atoms with Crippen LogP contribution in [0.4, 0.5) is 0 Å². The molecule has 2 aliphatic rings. The maximum atomic E-state index is 12.4. The first kappa shape index (κ1) is 13.3. The highest BCUT2D eigenvalue weighted by Crippen LogP contribution is 2.38. The van der Waals surface area contributed by atoms with E-state index in [2.05, 4.69) is 5.32 Å². The van der Waals surface area contributed by atoms with E-state index in [0.29, 0.717) is 12.5 Å². The van der Waals surface area contributed by atoms with Crippen LogP contribution in [0.3, 0.4) is 0 Å². The van der Waals surface area contributed by atoms with Gasteiger partial charge in [0.15, 0.2) is 0 Å². The quantitative estimate of drug-likeness (QED) is 0.796. The standard InChI is InChI=1S/C13H22N2O3/c1-8(18-4)7-15-10(9-5-6-9)11(16)14-13(2,3)12(15)17/h8-10H,5-7H2,1-4H3,(H,14,16). The molecule has 1 N–H and O–H groups in total. The van der Waals surface area contributed by atoms with Crippen LogP contribution in [0.1, 0.15) is 33.6 Å². The summed E-state index contributed by atoms with van der Waals surface area (Å²) in [5.41, 5.74) is -0.810. The highest BCUT2D eigenvalue weighted by Gasteiger charge is 2.50. The van der Waals surface area contributed by atoms with Gasteiger partial charge in [0.05, 0.1) is 6.10 Å². The van der Waals surface area contributed by atoms with Gasteiger partial charge in [-0.2, -0.15) is 0 Å². The molecule has 1 saturated heterocycles. The summed E-state index contributed by atoms with van der Waals surface area (Å²) in [6.45, 7) is 5.89. The summed E-state index contributed by atoms with van der Waals surface area (Å²) in [7, 11) is 1.62. The molecule has 0 radical (unpaired) electrons. The second-order valence-corrected chi connectivity index (χ2v) is 5.90. The fraction of sp³-hybridized carbons (Fsp3) is 0.846. The van der Waals surface area contributed by atoms with Crippen LogP contribution in [0.15, 0.2) is 0 Å². The van der Waals surface area contributed by atoms with Crippen molar-refractivity contribution in [3.63, 3.8) is 0 Å². The molecule has 0 aromatic rings. The van der Waals surface area contributed by atoms with Crippen molar-refractivity contribution in [1.82, 2.24) is 10.2 Å². The topological polar surface area (TPSA) is 58.6 Å². The molecule has 1 heterocycles. The number of piperazine rings is 1. The van der Waals surface area contributed by atoms with E-state index in [4.69, 9.17) is 4.74 Å². The molecular formula is C13H22N2O3. The first-order valence-electron chi connectivity index (χ1n) is 6.52. The zero-order chi connectivity index (χ0) is 13.5. The molecule has 18 heavy (non-hydrogen) atoms. The Morgan fingerprint density at radius 2 is 2.06 bits per heavy atom. The number of ether oxygens (including phenoxy) is 1. The first-order chi connectivity index (χ1) is 8.36. The van der Waals surface area contributed by atoms with Crippen LogP contribution in [0.5, 0.6) is 0 Å². The van der Waals surface area contributed by atoms with Crippen LogP contribution in [-0.2, 0) is 14.3 Å². The molecule has 1 saturated carbocycles. The summed E-state index contributed by atoms with van der Waals surface area (Å²) in [5.74, 6) is 0.294. The van der Waals surface area contributed by atoms with E-state index < -0.39 is 5.54 Å². The normalized spacial score (nSPS) is 29.1. The van der Waals surface area contributed by atoms with Gasteiger partial charge >= 0.3 is 0 Å². The van der Waals surface area contributed by atoms with E-state index in [1.807, 2.05) is 6.92 Å². The molecule has 5 heteroatoms. The van der Waals surface area contributed by atoms with Crippen LogP contribution in [0.2, 0.25) is 0 Å². The van der Waals surface area contributed by atoms with Crippen LogP contribution in [0.25, 0.3) is 0 Å². The lowest BCUT2D eigenvalue weighted by atomic mass is 9.94. The van der Waals surface area contributed by atoms with E-state index >= 15 is 0 Å². The van der Waals surface area contributed by atoms with Gasteiger partial charge in [-0.1, -0.05) is 0 Å². The predicted octanol–water partition coefficient (Wildman–Crippen LogP) is 0.537. The maximum absolute atomic E-state index is 12.4. The second-order valence-electron chi connectivity index (χ2n) is 5.90. The number of methoxy groups -OCH3 is 1. The zero-order valence-corrected chi connectivity index (χ0v) is 11.5. The highest BCUT2D eigenvalue weighted by atomic mass is 16.5. The third-order valence-electron chi connectivity index (χ3n) is 3.76. The highest BCUT2D eigenvalue weighted by molar-refractivity contribution is 5.99. The lowest BCUT2D eigenvalue weighted by Crippen LogP contribution is -2.69. The van der Waals surface area contributed by atoms with Gasteiger partial charge in [-0.15, -0.1) is 0 Å². The van der Waals surface area contributed by atoms with E-state index in [1.165, 1.54) is 0 Å². The molecule has 5 nitrogen and oxygen atoms in total. The Kier molecular flexibility index (Phi) is 3.36. The number of carbonyl (C=O) groups is 2. The number of rotatable bonds is 4. The van der Waals surface area contributed by atoms with Gasteiger partial charge in [0, 0.05) is 13.7 Å². The van der Waals surface area contributed by atoms with Crippen molar-refractivity contribution in [2.75, 3.05) is 13.7 Å². The molecule has 0 aromatic carbocycles. The van der Waals surface area contributed by atoms with Crippen molar-refractivity contribution in [2.45, 2.75) is 51.3 Å². The minimum atomic E-state index is -0.810. The molecule has 0 bridgehead atoms. The van der Waals surface area contributed by atoms with Crippen molar-refractivity contribution in [2.24, 2.45) is 5.92 Å². The van der Waals surface area contributed by atoms with Gasteiger partial charge in [-0.05, 0) is 39.5 Å². The Labute approximate surface area is 108 Å². The molecule has 1 aliphatic heterocycles. The number of nitrogens with zero attached hydrogens (tertiary/aromatic N) is 1. The lowest BCUT2D eigenvalue weighted by Gasteiger charge is -2.43. The van der Waals surface area contributed by atoms with Gasteiger partial charge in [-0.25, -0.2) is 0 Å². The van der Waals surface area contributed by atoms with Gasteiger partial charge in [0.2, 0.25) is 11.8 Å². The molecule has 0 aromatic heterocycles.